The van der Waals surface area contributed by atoms with E-state index in [0.717, 1.165) is 22.0 Å². The number of hydrogen-bond acceptors (Lipinski definition) is 5. The van der Waals surface area contributed by atoms with Crippen LogP contribution >= 0.6 is 0 Å². The molecular formula is C24H27N5O5. The van der Waals surface area contributed by atoms with Crippen molar-refractivity contribution in [2.45, 2.75) is 24.9 Å². The second-order valence-electron chi connectivity index (χ2n) is 7.75. The van der Waals surface area contributed by atoms with E-state index < -0.39 is 42.3 Å². The molecule has 2 atom stereocenters. The maximum absolute atomic E-state index is 13.2. The summed E-state index contributed by atoms with van der Waals surface area (Å²) in [5, 5.41) is 17.4. The molecule has 2 unspecified atom stereocenters. The average molecular weight is 466 g/mol. The number of carbonyl (C=O) groups excluding carboxylic acids is 3. The monoisotopic (exact) mass is 465 g/mol. The Hall–Kier alpha value is -4.18. The molecule has 1 heterocycles. The predicted octanol–water partition coefficient (Wildman–Crippen LogP) is 0.0822. The molecule has 0 spiro atoms. The van der Waals surface area contributed by atoms with Gasteiger partial charge in [0.25, 0.3) is 0 Å². The first-order chi connectivity index (χ1) is 16.4. The number of fused-ring (bicyclic) bond motifs is 1. The zero-order valence-corrected chi connectivity index (χ0v) is 18.4. The highest BCUT2D eigenvalue weighted by atomic mass is 16.4. The van der Waals surface area contributed by atoms with Crippen LogP contribution in [-0.4, -0.2) is 59.0 Å². The van der Waals surface area contributed by atoms with E-state index in [0.29, 0.717) is 0 Å². The van der Waals surface area contributed by atoms with Crippen molar-refractivity contribution in [3.8, 4) is 0 Å². The number of rotatable bonds is 11. The smallest absolute Gasteiger partial charge is 0.322 e. The summed E-state index contributed by atoms with van der Waals surface area (Å²) in [6.45, 7) is -0.882. The number of nitrogens with two attached hydrogens (primary N) is 1. The van der Waals surface area contributed by atoms with Crippen LogP contribution in [0.15, 0.2) is 60.8 Å². The van der Waals surface area contributed by atoms with Gasteiger partial charge in [-0.15, -0.1) is 0 Å². The van der Waals surface area contributed by atoms with Gasteiger partial charge < -0.3 is 31.8 Å². The molecule has 0 aliphatic rings. The first-order valence-corrected chi connectivity index (χ1v) is 10.8. The van der Waals surface area contributed by atoms with Gasteiger partial charge in [0.1, 0.15) is 18.6 Å². The van der Waals surface area contributed by atoms with Crippen molar-refractivity contribution in [3.05, 3.63) is 71.9 Å². The quantitative estimate of drug-likeness (QED) is 0.235. The van der Waals surface area contributed by atoms with Crippen molar-refractivity contribution < 1.29 is 24.3 Å². The number of benzene rings is 2. The maximum Gasteiger partial charge on any atom is 0.322 e. The second kappa shape index (κ2) is 11.6. The van der Waals surface area contributed by atoms with Gasteiger partial charge in [-0.25, -0.2) is 0 Å². The predicted molar refractivity (Wildman–Crippen MR) is 126 cm³/mol. The van der Waals surface area contributed by atoms with Gasteiger partial charge in [-0.3, -0.25) is 19.2 Å². The third kappa shape index (κ3) is 6.66. The molecule has 0 aliphatic heterocycles. The largest absolute Gasteiger partial charge is 0.480 e. The molecule has 10 heteroatoms. The number of carboxylic acids is 1. The van der Waals surface area contributed by atoms with Gasteiger partial charge in [-0.05, 0) is 17.2 Å². The average Bonchev–Trinajstić information content (AvgIpc) is 3.25. The molecule has 0 radical (unpaired) electrons. The van der Waals surface area contributed by atoms with E-state index in [2.05, 4.69) is 20.9 Å². The maximum atomic E-state index is 13.2. The van der Waals surface area contributed by atoms with Crippen LogP contribution in [0.4, 0.5) is 0 Å². The summed E-state index contributed by atoms with van der Waals surface area (Å²) >= 11 is 0. The van der Waals surface area contributed by atoms with Crippen molar-refractivity contribution in [1.82, 2.24) is 20.9 Å². The van der Waals surface area contributed by atoms with Gasteiger partial charge in [-0.2, -0.15) is 0 Å². The fraction of sp³-hybridized carbons (Fsp3) is 0.250. The summed E-state index contributed by atoms with van der Waals surface area (Å²) < 4.78 is 0. The van der Waals surface area contributed by atoms with Gasteiger partial charge in [-0.1, -0.05) is 48.5 Å². The SMILES string of the molecule is NCC(=O)NC(Cc1c[nH]c2ccccc12)C(=O)NC(Cc1ccccc1)C(=O)NCC(=O)O. The highest BCUT2D eigenvalue weighted by molar-refractivity contribution is 5.94. The van der Waals surface area contributed by atoms with Crippen LogP contribution in [-0.2, 0) is 32.0 Å². The first kappa shape index (κ1) is 24.5. The van der Waals surface area contributed by atoms with E-state index in [-0.39, 0.29) is 19.4 Å². The lowest BCUT2D eigenvalue weighted by molar-refractivity contribution is -0.138. The topological polar surface area (TPSA) is 166 Å². The van der Waals surface area contributed by atoms with Gasteiger partial charge in [0.2, 0.25) is 17.7 Å². The Morgan fingerprint density at radius 1 is 0.882 bits per heavy atom. The van der Waals surface area contributed by atoms with E-state index in [4.69, 9.17) is 10.8 Å². The van der Waals surface area contributed by atoms with Crippen LogP contribution in [0.2, 0.25) is 0 Å². The number of carbonyl (C=O) groups is 4. The number of amides is 3. The molecule has 0 saturated carbocycles. The van der Waals surface area contributed by atoms with Crippen molar-refractivity contribution in [2.75, 3.05) is 13.1 Å². The van der Waals surface area contributed by atoms with Crippen LogP contribution in [0.3, 0.4) is 0 Å². The third-order valence-corrected chi connectivity index (χ3v) is 5.27. The standard InChI is InChI=1S/C24H27N5O5/c25-12-21(30)28-20(11-16-13-26-18-9-5-4-8-17(16)18)24(34)29-19(23(33)27-14-22(31)32)10-15-6-2-1-3-7-15/h1-9,13,19-20,26H,10-12,14,25H2,(H,27,33)(H,28,30)(H,29,34)(H,31,32). The summed E-state index contributed by atoms with van der Waals surface area (Å²) in [6.07, 6.45) is 2.07. The lowest BCUT2D eigenvalue weighted by Crippen LogP contribution is -2.56. The molecule has 7 N–H and O–H groups in total. The number of H-pyrrole nitrogens is 1. The molecule has 0 fully saturated rings. The van der Waals surface area contributed by atoms with Crippen LogP contribution in [0, 0.1) is 0 Å². The van der Waals surface area contributed by atoms with Crippen molar-refractivity contribution >= 4 is 34.6 Å². The van der Waals surface area contributed by atoms with Crippen LogP contribution in [0.5, 0.6) is 0 Å². The lowest BCUT2D eigenvalue weighted by Gasteiger charge is -2.23. The molecule has 0 saturated heterocycles. The number of carboxylic acid groups (broad SMARTS) is 1. The molecular weight excluding hydrogens is 438 g/mol. The van der Waals surface area contributed by atoms with E-state index in [9.17, 15) is 19.2 Å². The fourth-order valence-electron chi connectivity index (χ4n) is 3.60. The van der Waals surface area contributed by atoms with Crippen molar-refractivity contribution in [1.29, 1.82) is 0 Å². The molecule has 178 valence electrons. The number of para-hydroxylation sites is 1. The third-order valence-electron chi connectivity index (χ3n) is 5.27. The highest BCUT2D eigenvalue weighted by Gasteiger charge is 2.28. The molecule has 3 rings (SSSR count). The zero-order valence-electron chi connectivity index (χ0n) is 18.4. The number of hydrogen-bond donors (Lipinski definition) is 6. The summed E-state index contributed by atoms with van der Waals surface area (Å²) in [7, 11) is 0. The molecule has 34 heavy (non-hydrogen) atoms. The molecule has 3 aromatic rings. The Morgan fingerprint density at radius 2 is 1.56 bits per heavy atom. The van der Waals surface area contributed by atoms with E-state index in [1.165, 1.54) is 0 Å². The molecule has 0 aliphatic carbocycles. The van der Waals surface area contributed by atoms with Gasteiger partial charge in [0, 0.05) is 29.9 Å². The van der Waals surface area contributed by atoms with E-state index in [1.807, 2.05) is 30.3 Å². The fourth-order valence-corrected chi connectivity index (χ4v) is 3.60. The first-order valence-electron chi connectivity index (χ1n) is 10.8. The minimum atomic E-state index is -1.20. The Morgan fingerprint density at radius 3 is 2.26 bits per heavy atom. The summed E-state index contributed by atoms with van der Waals surface area (Å²) in [5.41, 5.74) is 7.90. The van der Waals surface area contributed by atoms with E-state index >= 15 is 0 Å². The Balaban J connectivity index is 1.81. The minimum absolute atomic E-state index is 0.142. The molecule has 10 nitrogen and oxygen atoms in total. The second-order valence-corrected chi connectivity index (χ2v) is 7.75. The number of aromatic amines is 1. The Kier molecular flexibility index (Phi) is 8.36. The van der Waals surface area contributed by atoms with Crippen molar-refractivity contribution in [2.24, 2.45) is 5.73 Å². The van der Waals surface area contributed by atoms with Crippen LogP contribution in [0.25, 0.3) is 10.9 Å². The molecule has 0 bridgehead atoms. The summed E-state index contributed by atoms with van der Waals surface area (Å²) in [5.74, 6) is -2.95. The molecule has 2 aromatic carbocycles. The van der Waals surface area contributed by atoms with Gasteiger partial charge >= 0.3 is 5.97 Å². The van der Waals surface area contributed by atoms with Crippen molar-refractivity contribution in [3.63, 3.8) is 0 Å². The number of nitrogens with one attached hydrogen (secondary N) is 4. The summed E-state index contributed by atoms with van der Waals surface area (Å²) in [4.78, 5) is 52.0. The zero-order chi connectivity index (χ0) is 24.5. The molecule has 1 aromatic heterocycles. The van der Waals surface area contributed by atoms with Crippen LogP contribution in [0.1, 0.15) is 11.1 Å². The minimum Gasteiger partial charge on any atom is -0.480 e. The lowest BCUT2D eigenvalue weighted by atomic mass is 10.0. The van der Waals surface area contributed by atoms with Gasteiger partial charge in [0.05, 0.1) is 6.54 Å². The number of aromatic nitrogens is 1. The number of aliphatic carboxylic acids is 1. The normalized spacial score (nSPS) is 12.5. The highest BCUT2D eigenvalue weighted by Crippen LogP contribution is 2.19. The Labute approximate surface area is 195 Å². The molecule has 3 amide bonds. The van der Waals surface area contributed by atoms with Crippen LogP contribution < -0.4 is 21.7 Å². The van der Waals surface area contributed by atoms with E-state index in [1.54, 1.807) is 30.5 Å². The Bertz CT molecular complexity index is 1160. The van der Waals surface area contributed by atoms with Gasteiger partial charge in [0.15, 0.2) is 0 Å². The summed E-state index contributed by atoms with van der Waals surface area (Å²) in [6, 6.07) is 14.5.